The molecule has 1 amide bonds. The minimum atomic E-state index is -1.16. The molecule has 0 bridgehead atoms. The van der Waals surface area contributed by atoms with Crippen LogP contribution in [0.2, 0.25) is 5.02 Å². The van der Waals surface area contributed by atoms with Crippen molar-refractivity contribution in [2.75, 3.05) is 11.9 Å². The zero-order chi connectivity index (χ0) is 13.7. The summed E-state index contributed by atoms with van der Waals surface area (Å²) in [6.07, 6.45) is -1.08. The Kier molecular flexibility index (Phi) is 5.06. The molecule has 5 nitrogen and oxygen atoms in total. The van der Waals surface area contributed by atoms with Crippen LogP contribution in [0.3, 0.4) is 0 Å². The topological polar surface area (TPSA) is 75.6 Å². The lowest BCUT2D eigenvalue weighted by Crippen LogP contribution is -2.26. The Balaban J connectivity index is 2.49. The van der Waals surface area contributed by atoms with Crippen molar-refractivity contribution in [1.82, 2.24) is 0 Å². The van der Waals surface area contributed by atoms with Crippen molar-refractivity contribution in [3.05, 3.63) is 29.0 Å². The molecule has 0 heterocycles. The number of hydrogen-bond donors (Lipinski definition) is 2. The largest absolute Gasteiger partial charge is 0.479 e. The van der Waals surface area contributed by atoms with Crippen LogP contribution in [0.1, 0.15) is 6.92 Å². The van der Waals surface area contributed by atoms with Crippen molar-refractivity contribution in [2.45, 2.75) is 13.0 Å². The Morgan fingerprint density at radius 3 is 2.78 bits per heavy atom. The van der Waals surface area contributed by atoms with Crippen molar-refractivity contribution in [3.8, 4) is 0 Å². The third kappa shape index (κ3) is 4.31. The molecular weight excluding hydrogens is 265 g/mol. The van der Waals surface area contributed by atoms with Crippen LogP contribution in [0.4, 0.5) is 10.1 Å². The van der Waals surface area contributed by atoms with Crippen molar-refractivity contribution < 1.29 is 23.8 Å². The number of anilines is 1. The summed E-state index contributed by atoms with van der Waals surface area (Å²) in [5.41, 5.74) is 0.304. The number of amides is 1. The maximum atomic E-state index is 12.8. The van der Waals surface area contributed by atoms with E-state index in [1.165, 1.54) is 19.1 Å². The Bertz CT molecular complexity index is 466. The van der Waals surface area contributed by atoms with Gasteiger partial charge in [-0.05, 0) is 25.1 Å². The van der Waals surface area contributed by atoms with Crippen molar-refractivity contribution in [3.63, 3.8) is 0 Å². The van der Waals surface area contributed by atoms with E-state index in [4.69, 9.17) is 21.4 Å². The molecule has 18 heavy (non-hydrogen) atoms. The van der Waals surface area contributed by atoms with Crippen LogP contribution in [0.5, 0.6) is 0 Å². The van der Waals surface area contributed by atoms with Crippen LogP contribution in [0.15, 0.2) is 18.2 Å². The normalized spacial score (nSPS) is 11.9. The number of benzene rings is 1. The molecule has 0 fully saturated rings. The van der Waals surface area contributed by atoms with E-state index in [9.17, 15) is 14.0 Å². The molecule has 0 aliphatic rings. The molecule has 0 radical (unpaired) electrons. The fourth-order valence-electron chi connectivity index (χ4n) is 1.04. The maximum Gasteiger partial charge on any atom is 0.332 e. The van der Waals surface area contributed by atoms with Gasteiger partial charge in [0.25, 0.3) is 0 Å². The van der Waals surface area contributed by atoms with Gasteiger partial charge < -0.3 is 15.2 Å². The van der Waals surface area contributed by atoms with E-state index < -0.39 is 30.4 Å². The molecule has 0 saturated heterocycles. The highest BCUT2D eigenvalue weighted by Crippen LogP contribution is 2.19. The van der Waals surface area contributed by atoms with Gasteiger partial charge in [-0.25, -0.2) is 9.18 Å². The average molecular weight is 276 g/mol. The van der Waals surface area contributed by atoms with Crippen molar-refractivity contribution in [2.24, 2.45) is 0 Å². The van der Waals surface area contributed by atoms with E-state index in [-0.39, 0.29) is 5.02 Å². The van der Waals surface area contributed by atoms with E-state index in [1.54, 1.807) is 0 Å². The van der Waals surface area contributed by atoms with Gasteiger partial charge in [-0.2, -0.15) is 0 Å². The minimum absolute atomic E-state index is 0.118. The molecule has 1 aromatic rings. The molecule has 1 rings (SSSR count). The van der Waals surface area contributed by atoms with Crippen molar-refractivity contribution in [1.29, 1.82) is 0 Å². The number of halogens is 2. The van der Waals surface area contributed by atoms with Crippen LogP contribution >= 0.6 is 11.6 Å². The maximum absolute atomic E-state index is 12.8. The Morgan fingerprint density at radius 1 is 1.56 bits per heavy atom. The summed E-state index contributed by atoms with van der Waals surface area (Å²) >= 11 is 5.53. The number of ether oxygens (including phenoxy) is 1. The first-order chi connectivity index (χ1) is 8.40. The number of carboxylic acids is 1. The fraction of sp³-hybridized carbons (Fsp3) is 0.273. The minimum Gasteiger partial charge on any atom is -0.479 e. The van der Waals surface area contributed by atoms with Gasteiger partial charge in [0, 0.05) is 5.69 Å². The van der Waals surface area contributed by atoms with E-state index in [1.807, 2.05) is 0 Å². The van der Waals surface area contributed by atoms with Gasteiger partial charge in [0.1, 0.15) is 12.4 Å². The number of carbonyl (C=O) groups is 2. The Morgan fingerprint density at radius 2 is 2.22 bits per heavy atom. The highest BCUT2D eigenvalue weighted by Gasteiger charge is 2.13. The summed E-state index contributed by atoms with van der Waals surface area (Å²) in [5.74, 6) is -2.30. The lowest BCUT2D eigenvalue weighted by atomic mass is 10.3. The summed E-state index contributed by atoms with van der Waals surface area (Å²) in [4.78, 5) is 21.8. The summed E-state index contributed by atoms with van der Waals surface area (Å²) in [7, 11) is 0. The quantitative estimate of drug-likeness (QED) is 0.861. The van der Waals surface area contributed by atoms with Crippen molar-refractivity contribution >= 4 is 29.2 Å². The van der Waals surface area contributed by atoms with Crippen LogP contribution in [0, 0.1) is 5.82 Å². The summed E-state index contributed by atoms with van der Waals surface area (Å²) in [6, 6.07) is 3.69. The molecular formula is C11H11ClFNO4. The zero-order valence-corrected chi connectivity index (χ0v) is 10.2. The van der Waals surface area contributed by atoms with Gasteiger partial charge in [-0.3, -0.25) is 4.79 Å². The number of aliphatic carboxylic acids is 1. The van der Waals surface area contributed by atoms with Gasteiger partial charge in [0.05, 0.1) is 5.02 Å². The predicted molar refractivity (Wildman–Crippen MR) is 63.1 cm³/mol. The molecule has 0 saturated carbocycles. The average Bonchev–Trinajstić information content (AvgIpc) is 2.30. The van der Waals surface area contributed by atoms with E-state index >= 15 is 0 Å². The first-order valence-corrected chi connectivity index (χ1v) is 5.37. The van der Waals surface area contributed by atoms with Gasteiger partial charge in [-0.1, -0.05) is 11.6 Å². The number of carboxylic acid groups (broad SMARTS) is 1. The first-order valence-electron chi connectivity index (χ1n) is 4.99. The smallest absolute Gasteiger partial charge is 0.332 e. The molecule has 1 atom stereocenters. The zero-order valence-electron chi connectivity index (χ0n) is 9.44. The molecule has 1 unspecified atom stereocenters. The van der Waals surface area contributed by atoms with Gasteiger partial charge >= 0.3 is 5.97 Å². The lowest BCUT2D eigenvalue weighted by molar-refractivity contribution is -0.150. The third-order valence-electron chi connectivity index (χ3n) is 2.02. The summed E-state index contributed by atoms with van der Waals surface area (Å²) in [5, 5.41) is 10.8. The third-order valence-corrected chi connectivity index (χ3v) is 2.31. The summed E-state index contributed by atoms with van der Waals surface area (Å²) in [6.45, 7) is 0.896. The second-order valence-electron chi connectivity index (χ2n) is 3.47. The van der Waals surface area contributed by atoms with Gasteiger partial charge in [0.15, 0.2) is 6.10 Å². The number of carbonyl (C=O) groups excluding carboxylic acids is 1. The molecule has 98 valence electrons. The van der Waals surface area contributed by atoms with Gasteiger partial charge in [0.2, 0.25) is 5.91 Å². The Labute approximate surface area is 108 Å². The highest BCUT2D eigenvalue weighted by atomic mass is 35.5. The molecule has 2 N–H and O–H groups in total. The molecule has 0 aliphatic carbocycles. The summed E-state index contributed by atoms with van der Waals surface area (Å²) < 4.78 is 17.6. The van der Waals surface area contributed by atoms with Crippen LogP contribution in [-0.2, 0) is 14.3 Å². The standard InChI is InChI=1S/C11H11ClFNO4/c1-6(11(16)17)18-5-10(15)14-7-2-3-9(13)8(12)4-7/h2-4,6H,5H2,1H3,(H,14,15)(H,16,17). The molecule has 0 spiro atoms. The molecule has 0 aliphatic heterocycles. The monoisotopic (exact) mass is 275 g/mol. The van der Waals surface area contributed by atoms with E-state index in [2.05, 4.69) is 5.32 Å². The lowest BCUT2D eigenvalue weighted by Gasteiger charge is -2.09. The number of rotatable bonds is 5. The van der Waals surface area contributed by atoms with Crippen LogP contribution in [-0.4, -0.2) is 29.7 Å². The molecule has 1 aromatic carbocycles. The van der Waals surface area contributed by atoms with E-state index in [0.29, 0.717) is 5.69 Å². The predicted octanol–water partition coefficient (Wildman–Crippen LogP) is 1.91. The molecule has 7 heteroatoms. The fourth-order valence-corrected chi connectivity index (χ4v) is 1.22. The highest BCUT2D eigenvalue weighted by molar-refractivity contribution is 6.31. The first kappa shape index (κ1) is 14.4. The SMILES string of the molecule is CC(OCC(=O)Nc1ccc(F)c(Cl)c1)C(=O)O. The number of nitrogens with one attached hydrogen (secondary N) is 1. The van der Waals surface area contributed by atoms with Gasteiger partial charge in [-0.15, -0.1) is 0 Å². The van der Waals surface area contributed by atoms with E-state index in [0.717, 1.165) is 6.07 Å². The van der Waals surface area contributed by atoms with Crippen LogP contribution in [0.25, 0.3) is 0 Å². The molecule has 0 aromatic heterocycles. The Hall–Kier alpha value is -1.66. The number of hydrogen-bond acceptors (Lipinski definition) is 3. The van der Waals surface area contributed by atoms with Crippen LogP contribution < -0.4 is 5.32 Å². The second kappa shape index (κ2) is 6.32. The second-order valence-corrected chi connectivity index (χ2v) is 3.88.